The third-order valence-corrected chi connectivity index (χ3v) is 3.17. The van der Waals surface area contributed by atoms with E-state index in [1.807, 2.05) is 18.2 Å². The zero-order chi connectivity index (χ0) is 13.8. The van der Waals surface area contributed by atoms with Crippen LogP contribution >= 0.6 is 15.9 Å². The number of aromatic nitrogens is 1. The molecule has 100 valence electrons. The van der Waals surface area contributed by atoms with Gasteiger partial charge in [0.15, 0.2) is 0 Å². The standard InChI is InChI=1S/C14H14BrNO3/c1-9(17)13-5-3-11(8-16-13)19-14-6-4-10(18-2)7-12(14)15/h3-9,17H,1-2H3/t9-/m0/s1. The van der Waals surface area contributed by atoms with Crippen LogP contribution in [-0.4, -0.2) is 17.2 Å². The second-order valence-electron chi connectivity index (χ2n) is 3.99. The van der Waals surface area contributed by atoms with Gasteiger partial charge in [0.2, 0.25) is 0 Å². The molecular formula is C14H14BrNO3. The van der Waals surface area contributed by atoms with E-state index in [0.29, 0.717) is 17.2 Å². The molecular weight excluding hydrogens is 310 g/mol. The fraction of sp³-hybridized carbons (Fsp3) is 0.214. The first kappa shape index (κ1) is 13.8. The Bertz CT molecular complexity index is 555. The molecule has 0 aliphatic rings. The Kier molecular flexibility index (Phi) is 4.39. The quantitative estimate of drug-likeness (QED) is 0.932. The number of aliphatic hydroxyl groups excluding tert-OH is 1. The third kappa shape index (κ3) is 3.45. The molecule has 0 saturated carbocycles. The Morgan fingerprint density at radius 3 is 2.47 bits per heavy atom. The molecule has 0 aliphatic heterocycles. The largest absolute Gasteiger partial charge is 0.497 e. The lowest BCUT2D eigenvalue weighted by Gasteiger charge is -2.10. The van der Waals surface area contributed by atoms with Crippen LogP contribution < -0.4 is 9.47 Å². The second kappa shape index (κ2) is 6.04. The summed E-state index contributed by atoms with van der Waals surface area (Å²) in [6.07, 6.45) is 1.00. The van der Waals surface area contributed by atoms with E-state index >= 15 is 0 Å². The highest BCUT2D eigenvalue weighted by molar-refractivity contribution is 9.10. The van der Waals surface area contributed by atoms with E-state index in [1.165, 1.54) is 0 Å². The average molecular weight is 324 g/mol. The fourth-order valence-corrected chi connectivity index (χ4v) is 1.96. The van der Waals surface area contributed by atoms with Gasteiger partial charge in [-0.3, -0.25) is 4.98 Å². The molecule has 1 heterocycles. The molecule has 0 unspecified atom stereocenters. The van der Waals surface area contributed by atoms with Crippen molar-refractivity contribution in [3.63, 3.8) is 0 Å². The van der Waals surface area contributed by atoms with Crippen LogP contribution in [0.25, 0.3) is 0 Å². The van der Waals surface area contributed by atoms with E-state index in [0.717, 1.165) is 10.2 Å². The van der Waals surface area contributed by atoms with E-state index in [1.54, 1.807) is 32.4 Å². The minimum atomic E-state index is -0.582. The molecule has 0 aliphatic carbocycles. The molecule has 0 spiro atoms. The normalized spacial score (nSPS) is 12.0. The van der Waals surface area contributed by atoms with E-state index in [4.69, 9.17) is 9.47 Å². The Morgan fingerprint density at radius 2 is 1.95 bits per heavy atom. The molecule has 19 heavy (non-hydrogen) atoms. The molecule has 1 N–H and O–H groups in total. The van der Waals surface area contributed by atoms with Crippen LogP contribution in [0.1, 0.15) is 18.7 Å². The van der Waals surface area contributed by atoms with Gasteiger partial charge in [0.05, 0.1) is 29.6 Å². The minimum Gasteiger partial charge on any atom is -0.497 e. The zero-order valence-electron chi connectivity index (χ0n) is 10.6. The first-order valence-electron chi connectivity index (χ1n) is 5.75. The van der Waals surface area contributed by atoms with Gasteiger partial charge >= 0.3 is 0 Å². The number of aliphatic hydroxyl groups is 1. The number of ether oxygens (including phenoxy) is 2. The van der Waals surface area contributed by atoms with Gasteiger partial charge < -0.3 is 14.6 Å². The van der Waals surface area contributed by atoms with Gasteiger partial charge in [0.25, 0.3) is 0 Å². The van der Waals surface area contributed by atoms with Crippen LogP contribution in [0.4, 0.5) is 0 Å². The Balaban J connectivity index is 2.16. The van der Waals surface area contributed by atoms with Gasteiger partial charge in [-0.15, -0.1) is 0 Å². The Labute approximate surface area is 120 Å². The van der Waals surface area contributed by atoms with Crippen molar-refractivity contribution in [1.29, 1.82) is 0 Å². The summed E-state index contributed by atoms with van der Waals surface area (Å²) in [4.78, 5) is 4.12. The summed E-state index contributed by atoms with van der Waals surface area (Å²) in [5.74, 6) is 2.03. The van der Waals surface area contributed by atoms with Crippen molar-refractivity contribution in [2.45, 2.75) is 13.0 Å². The summed E-state index contributed by atoms with van der Waals surface area (Å²) in [7, 11) is 1.61. The van der Waals surface area contributed by atoms with E-state index < -0.39 is 6.10 Å². The number of methoxy groups -OCH3 is 1. The van der Waals surface area contributed by atoms with Gasteiger partial charge in [-0.2, -0.15) is 0 Å². The first-order chi connectivity index (χ1) is 9.10. The molecule has 1 atom stereocenters. The molecule has 2 rings (SSSR count). The van der Waals surface area contributed by atoms with Gasteiger partial charge in [-0.1, -0.05) is 0 Å². The highest BCUT2D eigenvalue weighted by Gasteiger charge is 2.06. The van der Waals surface area contributed by atoms with Gasteiger partial charge in [0.1, 0.15) is 17.2 Å². The number of hydrogen-bond acceptors (Lipinski definition) is 4. The van der Waals surface area contributed by atoms with Gasteiger partial charge in [0, 0.05) is 0 Å². The summed E-state index contributed by atoms with van der Waals surface area (Å²) in [6, 6.07) is 8.96. The molecule has 5 heteroatoms. The molecule has 0 bridgehead atoms. The molecule has 4 nitrogen and oxygen atoms in total. The van der Waals surface area contributed by atoms with Crippen LogP contribution in [0.15, 0.2) is 41.0 Å². The van der Waals surface area contributed by atoms with Gasteiger partial charge in [-0.25, -0.2) is 0 Å². The summed E-state index contributed by atoms with van der Waals surface area (Å²) >= 11 is 3.42. The summed E-state index contributed by atoms with van der Waals surface area (Å²) in [6.45, 7) is 1.67. The maximum absolute atomic E-state index is 9.38. The molecule has 0 radical (unpaired) electrons. The fourth-order valence-electron chi connectivity index (χ4n) is 1.52. The van der Waals surface area contributed by atoms with Crippen LogP contribution in [0.2, 0.25) is 0 Å². The molecule has 1 aromatic carbocycles. The topological polar surface area (TPSA) is 51.6 Å². The van der Waals surface area contributed by atoms with Crippen LogP contribution in [0, 0.1) is 0 Å². The second-order valence-corrected chi connectivity index (χ2v) is 4.85. The molecule has 1 aromatic heterocycles. The van der Waals surface area contributed by atoms with Crippen LogP contribution in [-0.2, 0) is 0 Å². The third-order valence-electron chi connectivity index (χ3n) is 2.55. The minimum absolute atomic E-state index is 0.582. The lowest BCUT2D eigenvalue weighted by molar-refractivity contribution is 0.194. The maximum atomic E-state index is 9.38. The predicted molar refractivity (Wildman–Crippen MR) is 75.6 cm³/mol. The van der Waals surface area contributed by atoms with Crippen molar-refractivity contribution in [2.24, 2.45) is 0 Å². The maximum Gasteiger partial charge on any atom is 0.145 e. The highest BCUT2D eigenvalue weighted by Crippen LogP contribution is 2.32. The van der Waals surface area contributed by atoms with E-state index in [9.17, 15) is 5.11 Å². The van der Waals surface area contributed by atoms with Crippen molar-refractivity contribution in [2.75, 3.05) is 7.11 Å². The summed E-state index contributed by atoms with van der Waals surface area (Å²) in [5.41, 5.74) is 0.612. The average Bonchev–Trinajstić information content (AvgIpc) is 2.41. The smallest absolute Gasteiger partial charge is 0.145 e. The lowest BCUT2D eigenvalue weighted by Crippen LogP contribution is -1.95. The predicted octanol–water partition coefficient (Wildman–Crippen LogP) is 3.70. The Morgan fingerprint density at radius 1 is 1.21 bits per heavy atom. The highest BCUT2D eigenvalue weighted by atomic mass is 79.9. The number of rotatable bonds is 4. The monoisotopic (exact) mass is 323 g/mol. The van der Waals surface area contributed by atoms with Crippen molar-refractivity contribution < 1.29 is 14.6 Å². The van der Waals surface area contributed by atoms with Crippen molar-refractivity contribution in [3.05, 3.63) is 46.7 Å². The van der Waals surface area contributed by atoms with Crippen LogP contribution in [0.5, 0.6) is 17.2 Å². The molecule has 0 amide bonds. The molecule has 0 fully saturated rings. The number of halogens is 1. The number of pyridine rings is 1. The van der Waals surface area contributed by atoms with Crippen molar-refractivity contribution in [3.8, 4) is 17.2 Å². The lowest BCUT2D eigenvalue weighted by atomic mass is 10.2. The number of benzene rings is 1. The van der Waals surface area contributed by atoms with Crippen molar-refractivity contribution >= 4 is 15.9 Å². The summed E-state index contributed by atoms with van der Waals surface area (Å²) < 4.78 is 11.6. The Hall–Kier alpha value is -1.59. The SMILES string of the molecule is COc1ccc(Oc2ccc([C@H](C)O)nc2)c(Br)c1. The van der Waals surface area contributed by atoms with Gasteiger partial charge in [-0.05, 0) is 53.2 Å². The van der Waals surface area contributed by atoms with Crippen molar-refractivity contribution in [1.82, 2.24) is 4.98 Å². The van der Waals surface area contributed by atoms with Crippen LogP contribution in [0.3, 0.4) is 0 Å². The number of nitrogens with zero attached hydrogens (tertiary/aromatic N) is 1. The zero-order valence-corrected chi connectivity index (χ0v) is 12.2. The first-order valence-corrected chi connectivity index (χ1v) is 6.55. The number of hydrogen-bond donors (Lipinski definition) is 1. The van der Waals surface area contributed by atoms with E-state index in [-0.39, 0.29) is 0 Å². The molecule has 2 aromatic rings. The van der Waals surface area contributed by atoms with E-state index in [2.05, 4.69) is 20.9 Å². The molecule has 0 saturated heterocycles. The summed E-state index contributed by atoms with van der Waals surface area (Å²) in [5, 5.41) is 9.38.